The first kappa shape index (κ1) is 21.4. The third-order valence-electron chi connectivity index (χ3n) is 7.35. The molecule has 2 N–H and O–H groups in total. The van der Waals surface area contributed by atoms with Crippen molar-refractivity contribution < 1.29 is 9.18 Å². The van der Waals surface area contributed by atoms with E-state index in [0.29, 0.717) is 17.4 Å². The molecule has 2 heterocycles. The number of hydrogen-bond acceptors (Lipinski definition) is 2. The van der Waals surface area contributed by atoms with E-state index in [0.717, 1.165) is 47.8 Å². The van der Waals surface area contributed by atoms with Gasteiger partial charge >= 0.3 is 0 Å². The van der Waals surface area contributed by atoms with Crippen LogP contribution in [0.5, 0.6) is 0 Å². The van der Waals surface area contributed by atoms with Crippen molar-refractivity contribution in [2.75, 3.05) is 0 Å². The topological polar surface area (TPSA) is 60.9 Å². The van der Waals surface area contributed by atoms with Crippen molar-refractivity contribution in [2.24, 2.45) is 11.7 Å². The van der Waals surface area contributed by atoms with Crippen LogP contribution >= 0.6 is 0 Å². The molecule has 4 aromatic rings. The normalized spacial score (nSPS) is 19.5. The zero-order valence-electron chi connectivity index (χ0n) is 18.7. The predicted octanol–water partition coefficient (Wildman–Crippen LogP) is 6.34. The summed E-state index contributed by atoms with van der Waals surface area (Å²) in [6.45, 7) is 2.21. The first-order valence-electron chi connectivity index (χ1n) is 11.6. The minimum Gasteiger partial charge on any atom is -0.366 e. The zero-order valence-corrected chi connectivity index (χ0v) is 18.7. The molecule has 2 aromatic heterocycles. The van der Waals surface area contributed by atoms with Crippen LogP contribution in [0.4, 0.5) is 4.39 Å². The first-order chi connectivity index (χ1) is 16.0. The first-order valence-corrected chi connectivity index (χ1v) is 11.6. The molecule has 1 amide bonds. The maximum atomic E-state index is 13.9. The number of pyridine rings is 1. The Kier molecular flexibility index (Phi) is 5.71. The molecule has 5 heteroatoms. The van der Waals surface area contributed by atoms with Gasteiger partial charge in [-0.05, 0) is 109 Å². The number of halogens is 1. The third-order valence-corrected chi connectivity index (χ3v) is 7.35. The van der Waals surface area contributed by atoms with Gasteiger partial charge in [0, 0.05) is 35.2 Å². The fraction of sp³-hybridized carbons (Fsp3) is 0.286. The summed E-state index contributed by atoms with van der Waals surface area (Å²) in [5.74, 6) is 0.470. The van der Waals surface area contributed by atoms with Crippen LogP contribution in [-0.2, 0) is 0 Å². The summed E-state index contributed by atoms with van der Waals surface area (Å²) in [4.78, 5) is 16.6. The molecule has 0 aliphatic heterocycles. The van der Waals surface area contributed by atoms with Gasteiger partial charge in [0.2, 0.25) is 5.91 Å². The Hall–Kier alpha value is -3.47. The number of carbonyl (C=O) groups excluding carboxylic acids is 1. The van der Waals surface area contributed by atoms with Gasteiger partial charge in [-0.2, -0.15) is 0 Å². The second kappa shape index (κ2) is 8.81. The maximum Gasteiger partial charge on any atom is 0.248 e. The van der Waals surface area contributed by atoms with E-state index in [1.54, 1.807) is 12.1 Å². The second-order valence-electron chi connectivity index (χ2n) is 9.19. The van der Waals surface area contributed by atoms with E-state index in [4.69, 9.17) is 5.73 Å². The van der Waals surface area contributed by atoms with E-state index >= 15 is 0 Å². The van der Waals surface area contributed by atoms with Gasteiger partial charge in [0.25, 0.3) is 0 Å². The molecule has 2 aromatic carbocycles. The second-order valence-corrected chi connectivity index (χ2v) is 9.19. The number of rotatable bonds is 5. The molecule has 1 fully saturated rings. The molecule has 0 spiro atoms. The van der Waals surface area contributed by atoms with Crippen molar-refractivity contribution in [3.63, 3.8) is 0 Å². The SMILES string of the molecule is C[C@@H](c1cc(-n2cccc2)ccc1C(N)=O)C1CCC(c2ccnc3ccc(F)cc23)CC1. The van der Waals surface area contributed by atoms with Crippen molar-refractivity contribution in [2.45, 2.75) is 44.4 Å². The molecule has 0 bridgehead atoms. The summed E-state index contributed by atoms with van der Waals surface area (Å²) in [6, 6.07) is 16.8. The quantitative estimate of drug-likeness (QED) is 0.393. The van der Waals surface area contributed by atoms with Crippen LogP contribution in [0.25, 0.3) is 16.6 Å². The highest BCUT2D eigenvalue weighted by Crippen LogP contribution is 2.44. The van der Waals surface area contributed by atoms with Crippen LogP contribution in [0.1, 0.15) is 65.9 Å². The number of primary amides is 1. The minimum absolute atomic E-state index is 0.218. The monoisotopic (exact) mass is 441 g/mol. The Morgan fingerprint density at radius 2 is 1.82 bits per heavy atom. The van der Waals surface area contributed by atoms with Crippen molar-refractivity contribution in [3.8, 4) is 5.69 Å². The fourth-order valence-electron chi connectivity index (χ4n) is 5.50. The standard InChI is InChI=1S/C28H28FN3O/c1-18(25-17-22(32-14-2-3-15-32)9-10-24(25)28(30)33)19-4-6-20(7-5-19)23-12-13-31-27-11-8-21(29)16-26(23)27/h2-3,8-20H,4-7H2,1H3,(H2,30,33)/t18-,19?,20?/m1/s1. The third kappa shape index (κ3) is 4.15. The number of fused-ring (bicyclic) bond motifs is 1. The summed E-state index contributed by atoms with van der Waals surface area (Å²) in [6.07, 6.45) is 10.0. The van der Waals surface area contributed by atoms with E-state index in [1.165, 1.54) is 11.6 Å². The van der Waals surface area contributed by atoms with Crippen LogP contribution in [0.3, 0.4) is 0 Å². The van der Waals surface area contributed by atoms with Gasteiger partial charge in [-0.3, -0.25) is 9.78 Å². The number of aromatic nitrogens is 2. The Balaban J connectivity index is 1.38. The average Bonchev–Trinajstić information content (AvgIpc) is 3.38. The van der Waals surface area contributed by atoms with E-state index in [1.807, 2.05) is 53.5 Å². The van der Waals surface area contributed by atoms with Crippen molar-refractivity contribution in [3.05, 3.63) is 95.7 Å². The molecule has 33 heavy (non-hydrogen) atoms. The van der Waals surface area contributed by atoms with Gasteiger partial charge in [0.15, 0.2) is 0 Å². The lowest BCUT2D eigenvalue weighted by atomic mass is 9.71. The van der Waals surface area contributed by atoms with E-state index < -0.39 is 0 Å². The van der Waals surface area contributed by atoms with Crippen molar-refractivity contribution >= 4 is 16.8 Å². The molecular weight excluding hydrogens is 413 g/mol. The van der Waals surface area contributed by atoms with Gasteiger partial charge in [-0.25, -0.2) is 4.39 Å². The van der Waals surface area contributed by atoms with Gasteiger partial charge in [-0.1, -0.05) is 6.92 Å². The van der Waals surface area contributed by atoms with Crippen molar-refractivity contribution in [1.29, 1.82) is 0 Å². The predicted molar refractivity (Wildman–Crippen MR) is 129 cm³/mol. The molecule has 168 valence electrons. The number of hydrogen-bond donors (Lipinski definition) is 1. The Labute approximate surface area is 193 Å². The number of carbonyl (C=O) groups is 1. The summed E-state index contributed by atoms with van der Waals surface area (Å²) >= 11 is 0. The number of amides is 1. The molecule has 1 aliphatic carbocycles. The summed E-state index contributed by atoms with van der Waals surface area (Å²) in [5.41, 5.74) is 10.4. The minimum atomic E-state index is -0.380. The lowest BCUT2D eigenvalue weighted by Gasteiger charge is -2.34. The van der Waals surface area contributed by atoms with Gasteiger partial charge in [0.1, 0.15) is 5.82 Å². The van der Waals surface area contributed by atoms with Crippen molar-refractivity contribution in [1.82, 2.24) is 9.55 Å². The smallest absolute Gasteiger partial charge is 0.248 e. The highest BCUT2D eigenvalue weighted by molar-refractivity contribution is 5.94. The Morgan fingerprint density at radius 1 is 1.06 bits per heavy atom. The molecule has 4 nitrogen and oxygen atoms in total. The molecule has 1 saturated carbocycles. The molecule has 5 rings (SSSR count). The Morgan fingerprint density at radius 3 is 2.55 bits per heavy atom. The van der Waals surface area contributed by atoms with Crippen LogP contribution in [0.15, 0.2) is 73.2 Å². The highest BCUT2D eigenvalue weighted by atomic mass is 19.1. The van der Waals surface area contributed by atoms with Gasteiger partial charge in [0.05, 0.1) is 5.52 Å². The maximum absolute atomic E-state index is 13.9. The molecule has 0 unspecified atom stereocenters. The van der Waals surface area contributed by atoms with Crippen LogP contribution in [0, 0.1) is 11.7 Å². The Bertz CT molecular complexity index is 1290. The molecule has 0 radical (unpaired) electrons. The molecule has 1 aliphatic rings. The fourth-order valence-corrected chi connectivity index (χ4v) is 5.50. The molecular formula is C28H28FN3O. The van der Waals surface area contributed by atoms with Crippen LogP contribution in [0.2, 0.25) is 0 Å². The number of nitrogens with zero attached hydrogens (tertiary/aromatic N) is 2. The largest absolute Gasteiger partial charge is 0.366 e. The zero-order chi connectivity index (χ0) is 22.9. The summed E-state index contributed by atoms with van der Waals surface area (Å²) in [7, 11) is 0. The summed E-state index contributed by atoms with van der Waals surface area (Å²) in [5, 5.41) is 0.921. The lowest BCUT2D eigenvalue weighted by Crippen LogP contribution is -2.22. The van der Waals surface area contributed by atoms with Gasteiger partial charge in [-0.15, -0.1) is 0 Å². The average molecular weight is 442 g/mol. The van der Waals surface area contributed by atoms with E-state index in [2.05, 4.69) is 18.0 Å². The molecule has 0 saturated heterocycles. The van der Waals surface area contributed by atoms with E-state index in [-0.39, 0.29) is 17.6 Å². The summed E-state index contributed by atoms with van der Waals surface area (Å²) < 4.78 is 16.0. The lowest BCUT2D eigenvalue weighted by molar-refractivity contribution is 0.0998. The number of benzene rings is 2. The van der Waals surface area contributed by atoms with E-state index in [9.17, 15) is 9.18 Å². The highest BCUT2D eigenvalue weighted by Gasteiger charge is 2.29. The molecule has 1 atom stereocenters. The van der Waals surface area contributed by atoms with Crippen LogP contribution < -0.4 is 5.73 Å². The van der Waals surface area contributed by atoms with Crippen LogP contribution in [-0.4, -0.2) is 15.5 Å². The van der Waals surface area contributed by atoms with Gasteiger partial charge < -0.3 is 10.3 Å². The number of nitrogens with two attached hydrogens (primary N) is 1.